The zero-order chi connectivity index (χ0) is 28.9. The minimum atomic E-state index is -1.51. The molecule has 0 aliphatic heterocycles. The molecule has 0 heterocycles. The summed E-state index contributed by atoms with van der Waals surface area (Å²) in [5, 5.41) is 39.6. The number of carbonyl (C=O) groups is 4. The Morgan fingerprint density at radius 2 is 0.816 bits per heavy atom. The van der Waals surface area contributed by atoms with Gasteiger partial charge in [-0.25, -0.2) is 0 Å². The van der Waals surface area contributed by atoms with Crippen molar-refractivity contribution in [3.05, 3.63) is 23.3 Å². The number of rotatable bonds is 20. The molecule has 0 saturated carbocycles. The summed E-state index contributed by atoms with van der Waals surface area (Å²) in [6.45, 7) is 7.64. The molecule has 0 aromatic rings. The van der Waals surface area contributed by atoms with Gasteiger partial charge in [-0.05, 0) is 36.1 Å². The molecule has 8 nitrogen and oxygen atoms in total. The normalized spacial score (nSPS) is 10.5. The molecule has 0 bridgehead atoms. The number of carboxylic acids is 4. The molecular weight excluding hydrogens is 631 g/mol. The molecule has 0 radical (unpaired) electrons. The van der Waals surface area contributed by atoms with Crippen LogP contribution in [0.3, 0.4) is 0 Å². The zero-order valence-corrected chi connectivity index (χ0v) is 28.2. The van der Waals surface area contributed by atoms with E-state index in [1.54, 1.807) is 21.7 Å². The molecule has 0 rings (SSSR count). The van der Waals surface area contributed by atoms with E-state index >= 15 is 0 Å². The molecule has 38 heavy (non-hydrogen) atoms. The van der Waals surface area contributed by atoms with Gasteiger partial charge in [0.1, 0.15) is 0 Å². The van der Waals surface area contributed by atoms with E-state index in [2.05, 4.69) is 13.8 Å². The van der Waals surface area contributed by atoms with Crippen molar-refractivity contribution in [1.82, 2.24) is 0 Å². The summed E-state index contributed by atoms with van der Waals surface area (Å²) < 4.78 is 3.31. The van der Waals surface area contributed by atoms with Gasteiger partial charge in [0.25, 0.3) is 0 Å². The van der Waals surface area contributed by atoms with Crippen molar-refractivity contribution in [2.75, 3.05) is 0 Å². The third-order valence-electron chi connectivity index (χ3n) is 5.28. The van der Waals surface area contributed by atoms with E-state index in [0.717, 1.165) is 0 Å². The largest absolute Gasteiger partial charge is 4.00 e. The minimum Gasteiger partial charge on any atom is 4.00 e. The van der Waals surface area contributed by atoms with Crippen molar-refractivity contribution >= 4 is 45.0 Å². The Balaban J connectivity index is -0.000000239. The molecule has 0 aromatic heterocycles. The molecule has 0 aromatic carbocycles. The molecular formula is C28H46O8SnTi+2. The summed E-state index contributed by atoms with van der Waals surface area (Å²) in [6.07, 6.45) is 19.1. The van der Waals surface area contributed by atoms with E-state index in [1.807, 2.05) is 0 Å². The first kappa shape index (κ1) is 43.9. The first-order valence-electron chi connectivity index (χ1n) is 13.5. The monoisotopic (exact) mass is 678 g/mol. The Hall–Kier alpha value is -1.13. The van der Waals surface area contributed by atoms with E-state index in [-0.39, 0.29) is 66.8 Å². The first-order chi connectivity index (χ1) is 17.6. The van der Waals surface area contributed by atoms with Crippen LogP contribution in [0.25, 0.3) is 0 Å². The van der Waals surface area contributed by atoms with Gasteiger partial charge in [0.15, 0.2) is 0 Å². The van der Waals surface area contributed by atoms with Gasteiger partial charge < -0.3 is 39.6 Å². The average molecular weight is 677 g/mol. The first-order valence-corrected chi connectivity index (χ1v) is 17.6. The molecule has 0 N–H and O–H groups in total. The van der Waals surface area contributed by atoms with Crippen LogP contribution < -0.4 is 20.4 Å². The van der Waals surface area contributed by atoms with Crippen molar-refractivity contribution in [3.8, 4) is 0 Å². The zero-order valence-electron chi connectivity index (χ0n) is 23.7. The summed E-state index contributed by atoms with van der Waals surface area (Å²) in [5.74, 6) is -5.96. The molecule has 10 heteroatoms. The van der Waals surface area contributed by atoms with Crippen LogP contribution in [0.2, 0.25) is 8.87 Å². The topological polar surface area (TPSA) is 161 Å². The Labute approximate surface area is 254 Å². The van der Waals surface area contributed by atoms with Crippen LogP contribution in [-0.4, -0.2) is 45.0 Å². The minimum absolute atomic E-state index is 0. The maximum atomic E-state index is 10.00. The van der Waals surface area contributed by atoms with Crippen LogP contribution >= 0.6 is 0 Å². The van der Waals surface area contributed by atoms with E-state index in [1.165, 1.54) is 78.1 Å². The van der Waals surface area contributed by atoms with Crippen molar-refractivity contribution < 1.29 is 61.3 Å². The van der Waals surface area contributed by atoms with Gasteiger partial charge in [-0.3, -0.25) is 0 Å². The number of unbranched alkanes of at least 4 members (excludes halogenated alkanes) is 10. The van der Waals surface area contributed by atoms with Gasteiger partial charge in [0, 0.05) is 0 Å². The van der Waals surface area contributed by atoms with Crippen LogP contribution in [0.4, 0.5) is 0 Å². The van der Waals surface area contributed by atoms with Gasteiger partial charge in [-0.2, -0.15) is 0 Å². The fourth-order valence-electron chi connectivity index (χ4n) is 3.08. The van der Waals surface area contributed by atoms with E-state index in [0.29, 0.717) is 12.2 Å². The number of hydrogen-bond donors (Lipinski definition) is 0. The standard InChI is InChI=1S/2C8H17.2C6H8O4.Sn.Ti/c2*1-3-5-7-8-6-4-2;2*1-2-4(6(9)10)3-5(7)8;;/h2*1,3-8H2,2H3;2*3H,2H2,1H3,(H,7,8)(H,9,10);;/q;;;;+2;+4/p-4/b;;2*4-3-;;. The van der Waals surface area contributed by atoms with Crippen LogP contribution in [0.1, 0.15) is 118 Å². The molecule has 0 aliphatic rings. The van der Waals surface area contributed by atoms with Crippen LogP contribution in [0.5, 0.6) is 0 Å². The van der Waals surface area contributed by atoms with E-state index < -0.39 is 23.9 Å². The Bertz CT molecular complexity index is 622. The van der Waals surface area contributed by atoms with Gasteiger partial charge in [0.2, 0.25) is 0 Å². The fourth-order valence-corrected chi connectivity index (χ4v) is 6.65. The number of carbonyl (C=O) groups excluding carboxylic acids is 4. The third kappa shape index (κ3) is 37.0. The Kier molecular flexibility index (Phi) is 39.2. The molecule has 0 aliphatic carbocycles. The summed E-state index contributed by atoms with van der Waals surface area (Å²) >= 11 is 0.0736. The fraction of sp³-hybridized carbons (Fsp3) is 0.714. The molecule has 212 valence electrons. The molecule has 0 amide bonds. The van der Waals surface area contributed by atoms with Gasteiger partial charge in [-0.1, -0.05) is 13.8 Å². The predicted octanol–water partition coefficient (Wildman–Crippen LogP) is 1.89. The van der Waals surface area contributed by atoms with Gasteiger partial charge >= 0.3 is 143 Å². The Morgan fingerprint density at radius 1 is 0.526 bits per heavy atom. The second kappa shape index (κ2) is 33.9. The second-order valence-electron chi connectivity index (χ2n) is 8.54. The third-order valence-corrected chi connectivity index (χ3v) is 9.32. The predicted molar refractivity (Wildman–Crippen MR) is 139 cm³/mol. The van der Waals surface area contributed by atoms with Crippen molar-refractivity contribution in [2.45, 2.75) is 126 Å². The van der Waals surface area contributed by atoms with Crippen LogP contribution in [0, 0.1) is 0 Å². The summed E-state index contributed by atoms with van der Waals surface area (Å²) in [6, 6.07) is 0. The SMILES string of the molecule is CC/C(=C/C(=O)[O-])C(=O)[O-].CC/C(=C/C(=O)[O-])C(=O)[O-].CCCCCCC[CH2][Sn+2][CH2]CCCCCCC.[Ti+4]. The number of hydrogen-bond acceptors (Lipinski definition) is 8. The average Bonchev–Trinajstić information content (AvgIpc) is 2.84. The summed E-state index contributed by atoms with van der Waals surface area (Å²) in [7, 11) is 0. The number of aliphatic carboxylic acids is 4. The van der Waals surface area contributed by atoms with Gasteiger partial charge in [0.05, 0.1) is 23.9 Å². The Morgan fingerprint density at radius 3 is 1.03 bits per heavy atom. The van der Waals surface area contributed by atoms with Crippen molar-refractivity contribution in [2.24, 2.45) is 0 Å². The van der Waals surface area contributed by atoms with Gasteiger partial charge in [-0.15, -0.1) is 0 Å². The summed E-state index contributed by atoms with van der Waals surface area (Å²) in [4.78, 5) is 39.6. The van der Waals surface area contributed by atoms with Crippen molar-refractivity contribution in [3.63, 3.8) is 0 Å². The molecule has 0 fully saturated rings. The molecule has 0 atom stereocenters. The molecule has 0 spiro atoms. The molecule has 0 saturated heterocycles. The quantitative estimate of drug-likeness (QED) is 0.107. The summed E-state index contributed by atoms with van der Waals surface area (Å²) in [5.41, 5.74) is -0.528. The van der Waals surface area contributed by atoms with E-state index in [4.69, 9.17) is 0 Å². The maximum absolute atomic E-state index is 10.00. The molecule has 0 unspecified atom stereocenters. The van der Waals surface area contributed by atoms with Crippen molar-refractivity contribution in [1.29, 1.82) is 0 Å². The second-order valence-corrected chi connectivity index (χ2v) is 12.8. The number of carboxylic acid groups (broad SMARTS) is 4. The maximum Gasteiger partial charge on any atom is 4.00 e. The smallest absolute Gasteiger partial charge is 4.00 e. The van der Waals surface area contributed by atoms with E-state index in [9.17, 15) is 39.6 Å². The van der Waals surface area contributed by atoms with Crippen LogP contribution in [-0.2, 0) is 40.9 Å². The van der Waals surface area contributed by atoms with Crippen LogP contribution in [0.15, 0.2) is 23.3 Å².